The Labute approximate surface area is 115 Å². The molecule has 98 valence electrons. The number of rotatable bonds is 2. The molecular formula is C13H13ClN4O. The second-order valence-electron chi connectivity index (χ2n) is 4.45. The average molecular weight is 277 g/mol. The molecular weight excluding hydrogens is 264 g/mol. The van der Waals surface area contributed by atoms with Gasteiger partial charge in [-0.25, -0.2) is 9.97 Å². The fourth-order valence-corrected chi connectivity index (χ4v) is 2.08. The minimum absolute atomic E-state index is 0.0749. The molecule has 0 spiro atoms. The zero-order valence-corrected chi connectivity index (χ0v) is 10.9. The van der Waals surface area contributed by atoms with Crippen LogP contribution in [-0.2, 0) is 6.42 Å². The molecule has 0 bridgehead atoms. The van der Waals surface area contributed by atoms with Gasteiger partial charge in [-0.05, 0) is 18.1 Å². The molecule has 2 heterocycles. The highest BCUT2D eigenvalue weighted by Gasteiger charge is 2.16. The van der Waals surface area contributed by atoms with Crippen molar-refractivity contribution < 1.29 is 4.74 Å². The molecule has 0 saturated carbocycles. The summed E-state index contributed by atoms with van der Waals surface area (Å²) in [5.41, 5.74) is 7.85. The second-order valence-corrected chi connectivity index (χ2v) is 4.88. The first-order chi connectivity index (χ1) is 9.20. The average Bonchev–Trinajstić information content (AvgIpc) is 2.42. The maximum atomic E-state index is 5.85. The quantitative estimate of drug-likeness (QED) is 0.879. The van der Waals surface area contributed by atoms with E-state index >= 15 is 0 Å². The molecule has 19 heavy (non-hydrogen) atoms. The number of aromatic nitrogens is 2. The Kier molecular flexibility index (Phi) is 3.23. The lowest BCUT2D eigenvalue weighted by Gasteiger charge is -2.22. The number of nitrogens with two attached hydrogens (primary N) is 1. The van der Waals surface area contributed by atoms with Crippen molar-refractivity contribution in [2.75, 3.05) is 11.9 Å². The summed E-state index contributed by atoms with van der Waals surface area (Å²) in [6, 6.07) is 5.97. The molecule has 3 N–H and O–H groups in total. The van der Waals surface area contributed by atoms with Crippen LogP contribution in [0.15, 0.2) is 30.6 Å². The van der Waals surface area contributed by atoms with E-state index in [1.165, 1.54) is 0 Å². The van der Waals surface area contributed by atoms with Gasteiger partial charge < -0.3 is 15.8 Å². The summed E-state index contributed by atoms with van der Waals surface area (Å²) in [4.78, 5) is 8.17. The molecule has 0 aliphatic carbocycles. The standard InChI is InChI=1S/C13H13ClN4O/c14-9-5-16-13(17-6-9)18-11-2-1-8-3-10(15)7-19-12(8)4-11/h1-2,4-6,10H,3,7,15H2,(H,16,17,18). The highest BCUT2D eigenvalue weighted by Crippen LogP contribution is 2.28. The van der Waals surface area contributed by atoms with Gasteiger partial charge in [-0.2, -0.15) is 0 Å². The molecule has 1 aromatic heterocycles. The number of ether oxygens (including phenoxy) is 1. The number of anilines is 2. The van der Waals surface area contributed by atoms with E-state index in [9.17, 15) is 0 Å². The van der Waals surface area contributed by atoms with Crippen LogP contribution in [0.2, 0.25) is 5.02 Å². The zero-order valence-electron chi connectivity index (χ0n) is 10.1. The van der Waals surface area contributed by atoms with Crippen LogP contribution in [0.3, 0.4) is 0 Å². The van der Waals surface area contributed by atoms with Gasteiger partial charge in [-0.3, -0.25) is 0 Å². The summed E-state index contributed by atoms with van der Waals surface area (Å²) in [5, 5.41) is 3.61. The van der Waals surface area contributed by atoms with Crippen LogP contribution in [0.1, 0.15) is 5.56 Å². The largest absolute Gasteiger partial charge is 0.492 e. The highest BCUT2D eigenvalue weighted by molar-refractivity contribution is 6.30. The Morgan fingerprint density at radius 3 is 2.89 bits per heavy atom. The van der Waals surface area contributed by atoms with Gasteiger partial charge in [0.15, 0.2) is 0 Å². The number of halogens is 1. The number of nitrogens with zero attached hydrogens (tertiary/aromatic N) is 2. The number of nitrogens with one attached hydrogen (secondary N) is 1. The van der Waals surface area contributed by atoms with Crippen molar-refractivity contribution in [3.63, 3.8) is 0 Å². The normalized spacial score (nSPS) is 17.5. The number of hydrogen-bond donors (Lipinski definition) is 2. The molecule has 1 atom stereocenters. The van der Waals surface area contributed by atoms with Gasteiger partial charge in [0, 0.05) is 17.8 Å². The van der Waals surface area contributed by atoms with E-state index in [4.69, 9.17) is 22.1 Å². The van der Waals surface area contributed by atoms with E-state index in [2.05, 4.69) is 15.3 Å². The van der Waals surface area contributed by atoms with E-state index in [0.717, 1.165) is 23.4 Å². The third kappa shape index (κ3) is 2.77. The maximum Gasteiger partial charge on any atom is 0.227 e. The lowest BCUT2D eigenvalue weighted by atomic mass is 10.0. The molecule has 1 aliphatic rings. The predicted octanol–water partition coefficient (Wildman–Crippen LogP) is 2.14. The van der Waals surface area contributed by atoms with Crippen LogP contribution in [0.25, 0.3) is 0 Å². The van der Waals surface area contributed by atoms with Crippen LogP contribution in [0, 0.1) is 0 Å². The van der Waals surface area contributed by atoms with Crippen molar-refractivity contribution in [2.24, 2.45) is 5.73 Å². The Balaban J connectivity index is 1.80. The molecule has 0 fully saturated rings. The molecule has 1 aliphatic heterocycles. The summed E-state index contributed by atoms with van der Waals surface area (Å²) in [6.45, 7) is 0.550. The van der Waals surface area contributed by atoms with Crippen molar-refractivity contribution in [3.8, 4) is 5.75 Å². The minimum atomic E-state index is 0.0749. The van der Waals surface area contributed by atoms with Gasteiger partial charge in [0.1, 0.15) is 12.4 Å². The van der Waals surface area contributed by atoms with Crippen molar-refractivity contribution in [3.05, 3.63) is 41.2 Å². The van der Waals surface area contributed by atoms with Gasteiger partial charge in [-0.1, -0.05) is 17.7 Å². The smallest absolute Gasteiger partial charge is 0.227 e. The summed E-state index contributed by atoms with van der Waals surface area (Å²) in [5.74, 6) is 1.36. The molecule has 0 radical (unpaired) electrons. The zero-order chi connectivity index (χ0) is 13.2. The van der Waals surface area contributed by atoms with Crippen molar-refractivity contribution >= 4 is 23.2 Å². The van der Waals surface area contributed by atoms with Crippen molar-refractivity contribution in [1.29, 1.82) is 0 Å². The molecule has 1 unspecified atom stereocenters. The van der Waals surface area contributed by atoms with E-state index in [-0.39, 0.29) is 6.04 Å². The third-order valence-corrected chi connectivity index (χ3v) is 3.07. The fourth-order valence-electron chi connectivity index (χ4n) is 1.98. The Bertz CT molecular complexity index is 588. The third-order valence-electron chi connectivity index (χ3n) is 2.88. The Morgan fingerprint density at radius 2 is 2.11 bits per heavy atom. The first-order valence-corrected chi connectivity index (χ1v) is 6.34. The number of fused-ring (bicyclic) bond motifs is 1. The lowest BCUT2D eigenvalue weighted by molar-refractivity contribution is 0.264. The van der Waals surface area contributed by atoms with E-state index in [1.54, 1.807) is 12.4 Å². The molecule has 3 rings (SSSR count). The van der Waals surface area contributed by atoms with Gasteiger partial charge in [0.25, 0.3) is 0 Å². The topological polar surface area (TPSA) is 73.1 Å². The summed E-state index contributed by atoms with van der Waals surface area (Å²) in [6.07, 6.45) is 3.93. The van der Waals surface area contributed by atoms with E-state index < -0.39 is 0 Å². The minimum Gasteiger partial charge on any atom is -0.492 e. The summed E-state index contributed by atoms with van der Waals surface area (Å²) in [7, 11) is 0. The van der Waals surface area contributed by atoms with Gasteiger partial charge >= 0.3 is 0 Å². The summed E-state index contributed by atoms with van der Waals surface area (Å²) < 4.78 is 5.61. The molecule has 0 amide bonds. The monoisotopic (exact) mass is 276 g/mol. The molecule has 5 nitrogen and oxygen atoms in total. The van der Waals surface area contributed by atoms with E-state index in [0.29, 0.717) is 17.6 Å². The van der Waals surface area contributed by atoms with Gasteiger partial charge in [0.05, 0.1) is 17.4 Å². The van der Waals surface area contributed by atoms with E-state index in [1.807, 2.05) is 18.2 Å². The fraction of sp³-hybridized carbons (Fsp3) is 0.231. The Morgan fingerprint density at radius 1 is 1.32 bits per heavy atom. The lowest BCUT2D eigenvalue weighted by Crippen LogP contribution is -2.33. The second kappa shape index (κ2) is 5.03. The maximum absolute atomic E-state index is 5.85. The van der Waals surface area contributed by atoms with Crippen LogP contribution in [0.5, 0.6) is 5.75 Å². The first-order valence-electron chi connectivity index (χ1n) is 5.96. The van der Waals surface area contributed by atoms with Crippen LogP contribution < -0.4 is 15.8 Å². The first kappa shape index (κ1) is 12.2. The molecule has 2 aromatic rings. The van der Waals surface area contributed by atoms with Gasteiger partial charge in [0.2, 0.25) is 5.95 Å². The van der Waals surface area contributed by atoms with Crippen LogP contribution in [0.4, 0.5) is 11.6 Å². The molecule has 0 saturated heterocycles. The molecule has 6 heteroatoms. The van der Waals surface area contributed by atoms with Crippen molar-refractivity contribution in [2.45, 2.75) is 12.5 Å². The van der Waals surface area contributed by atoms with Crippen molar-refractivity contribution in [1.82, 2.24) is 9.97 Å². The van der Waals surface area contributed by atoms with Crippen LogP contribution in [-0.4, -0.2) is 22.6 Å². The van der Waals surface area contributed by atoms with Gasteiger partial charge in [-0.15, -0.1) is 0 Å². The Hall–Kier alpha value is -1.85. The number of benzene rings is 1. The molecule has 1 aromatic carbocycles. The number of hydrogen-bond acceptors (Lipinski definition) is 5. The summed E-state index contributed by atoms with van der Waals surface area (Å²) >= 11 is 5.74. The van der Waals surface area contributed by atoms with Crippen LogP contribution >= 0.6 is 11.6 Å². The highest BCUT2D eigenvalue weighted by atomic mass is 35.5. The SMILES string of the molecule is NC1COc2cc(Nc3ncc(Cl)cn3)ccc2C1. The predicted molar refractivity (Wildman–Crippen MR) is 73.9 cm³/mol.